The summed E-state index contributed by atoms with van der Waals surface area (Å²) in [6.45, 7) is 0. The van der Waals surface area contributed by atoms with Gasteiger partial charge in [-0.1, -0.05) is 36.4 Å². The molecule has 1 aliphatic carbocycles. The third-order valence-corrected chi connectivity index (χ3v) is 5.83. The zero-order chi connectivity index (χ0) is 18.4. The fourth-order valence-electron chi connectivity index (χ4n) is 3.72. The lowest BCUT2D eigenvalue weighted by atomic mass is 9.96. The average molecular weight is 374 g/mol. The molecule has 0 aliphatic heterocycles. The maximum atomic E-state index is 13.4. The van der Waals surface area contributed by atoms with Crippen LogP contribution in [-0.4, -0.2) is 16.7 Å². The third-order valence-electron chi connectivity index (χ3n) is 5.05. The van der Waals surface area contributed by atoms with E-state index < -0.39 is 0 Å². The molecule has 4 nitrogen and oxygen atoms in total. The highest BCUT2D eigenvalue weighted by Gasteiger charge is 2.31. The van der Waals surface area contributed by atoms with Gasteiger partial charge in [-0.25, -0.2) is 4.98 Å². The monoisotopic (exact) mass is 374 g/mol. The maximum Gasteiger partial charge on any atom is 0.259 e. The van der Waals surface area contributed by atoms with Gasteiger partial charge in [0.15, 0.2) is 0 Å². The summed E-state index contributed by atoms with van der Waals surface area (Å²) in [6, 6.07) is 16.1. The molecule has 1 saturated carbocycles. The standard InChI is InChI=1S/C22H18N2O2S/c1-26-18-9-5-4-8-17(18)19-15-6-2-3-7-16(15)22(25)24(14-10-11-14)20(19)21-23-12-13-27-21/h2-9,12-14H,10-11H2,1H3. The van der Waals surface area contributed by atoms with Crippen molar-refractivity contribution in [3.05, 3.63) is 70.5 Å². The first kappa shape index (κ1) is 16.3. The molecule has 4 aromatic rings. The van der Waals surface area contributed by atoms with Gasteiger partial charge < -0.3 is 9.30 Å². The van der Waals surface area contributed by atoms with Crippen LogP contribution in [0.5, 0.6) is 5.75 Å². The molecule has 1 aliphatic rings. The number of thiazole rings is 1. The lowest BCUT2D eigenvalue weighted by molar-refractivity contribution is 0.416. The van der Waals surface area contributed by atoms with Crippen molar-refractivity contribution in [2.45, 2.75) is 18.9 Å². The van der Waals surface area contributed by atoms with Crippen LogP contribution in [0, 0.1) is 0 Å². The number of nitrogens with zero attached hydrogens (tertiary/aromatic N) is 2. The Labute approximate surface area is 160 Å². The fourth-order valence-corrected chi connectivity index (χ4v) is 4.41. The molecule has 0 radical (unpaired) electrons. The Hall–Kier alpha value is -2.92. The van der Waals surface area contributed by atoms with Crippen molar-refractivity contribution in [2.24, 2.45) is 0 Å². The van der Waals surface area contributed by atoms with Crippen LogP contribution >= 0.6 is 11.3 Å². The van der Waals surface area contributed by atoms with Gasteiger partial charge in [0.2, 0.25) is 0 Å². The van der Waals surface area contributed by atoms with Crippen molar-refractivity contribution in [2.75, 3.05) is 7.11 Å². The third kappa shape index (κ3) is 2.58. The zero-order valence-corrected chi connectivity index (χ0v) is 15.7. The summed E-state index contributed by atoms with van der Waals surface area (Å²) in [7, 11) is 1.68. The molecule has 0 unspecified atom stereocenters. The van der Waals surface area contributed by atoms with Gasteiger partial charge >= 0.3 is 0 Å². The molecule has 0 N–H and O–H groups in total. The second-order valence-corrected chi connectivity index (χ2v) is 7.61. The summed E-state index contributed by atoms with van der Waals surface area (Å²) in [4.78, 5) is 17.9. The summed E-state index contributed by atoms with van der Waals surface area (Å²) in [6.07, 6.45) is 3.85. The van der Waals surface area contributed by atoms with E-state index in [1.807, 2.05) is 52.4 Å². The van der Waals surface area contributed by atoms with Crippen LogP contribution in [-0.2, 0) is 0 Å². The Kier molecular flexibility index (Phi) is 3.83. The maximum absolute atomic E-state index is 13.4. The van der Waals surface area contributed by atoms with E-state index in [0.717, 1.165) is 51.2 Å². The molecule has 2 aromatic heterocycles. The van der Waals surface area contributed by atoms with Crippen molar-refractivity contribution >= 4 is 22.1 Å². The summed E-state index contributed by atoms with van der Waals surface area (Å²) in [5.41, 5.74) is 2.97. The Balaban J connectivity index is 2.01. The van der Waals surface area contributed by atoms with Crippen LogP contribution in [0.1, 0.15) is 18.9 Å². The highest BCUT2D eigenvalue weighted by atomic mass is 32.1. The molecular weight excluding hydrogens is 356 g/mol. The van der Waals surface area contributed by atoms with E-state index in [4.69, 9.17) is 4.74 Å². The zero-order valence-electron chi connectivity index (χ0n) is 14.9. The van der Waals surface area contributed by atoms with Crippen LogP contribution in [0.15, 0.2) is 64.9 Å². The Bertz CT molecular complexity index is 1190. The quantitative estimate of drug-likeness (QED) is 0.497. The van der Waals surface area contributed by atoms with Gasteiger partial charge in [0.1, 0.15) is 10.8 Å². The average Bonchev–Trinajstić information content (AvgIpc) is 3.40. The van der Waals surface area contributed by atoms with E-state index in [-0.39, 0.29) is 11.6 Å². The lowest BCUT2D eigenvalue weighted by Gasteiger charge is -2.20. The molecule has 0 saturated heterocycles. The van der Waals surface area contributed by atoms with Gasteiger partial charge in [0.25, 0.3) is 5.56 Å². The van der Waals surface area contributed by atoms with E-state index in [0.29, 0.717) is 0 Å². The Morgan fingerprint density at radius 2 is 1.81 bits per heavy atom. The number of para-hydroxylation sites is 1. The molecule has 0 bridgehead atoms. The number of benzene rings is 2. The number of pyridine rings is 1. The van der Waals surface area contributed by atoms with Crippen molar-refractivity contribution in [3.8, 4) is 27.6 Å². The van der Waals surface area contributed by atoms with Crippen LogP contribution < -0.4 is 10.3 Å². The minimum atomic E-state index is 0.0666. The van der Waals surface area contributed by atoms with Crippen LogP contribution in [0.3, 0.4) is 0 Å². The molecular formula is C22H18N2O2S. The van der Waals surface area contributed by atoms with Crippen molar-refractivity contribution in [1.29, 1.82) is 0 Å². The van der Waals surface area contributed by atoms with Gasteiger partial charge in [-0.05, 0) is 30.4 Å². The van der Waals surface area contributed by atoms with Gasteiger partial charge in [0, 0.05) is 34.1 Å². The molecule has 27 heavy (non-hydrogen) atoms. The molecule has 0 spiro atoms. The molecule has 2 heterocycles. The first-order valence-corrected chi connectivity index (χ1v) is 9.88. The number of fused-ring (bicyclic) bond motifs is 1. The van der Waals surface area contributed by atoms with Gasteiger partial charge in [0.05, 0.1) is 12.8 Å². The molecule has 5 rings (SSSR count). The minimum Gasteiger partial charge on any atom is -0.496 e. The highest BCUT2D eigenvalue weighted by Crippen LogP contribution is 2.45. The molecule has 134 valence electrons. The van der Waals surface area contributed by atoms with Crippen molar-refractivity contribution in [1.82, 2.24) is 9.55 Å². The Morgan fingerprint density at radius 1 is 1.07 bits per heavy atom. The molecule has 5 heteroatoms. The smallest absolute Gasteiger partial charge is 0.259 e. The first-order chi connectivity index (χ1) is 13.3. The second kappa shape index (κ2) is 6.35. The van der Waals surface area contributed by atoms with E-state index in [1.54, 1.807) is 24.6 Å². The first-order valence-electron chi connectivity index (χ1n) is 9.00. The van der Waals surface area contributed by atoms with Gasteiger partial charge in [-0.2, -0.15) is 0 Å². The van der Waals surface area contributed by atoms with Crippen LogP contribution in [0.2, 0.25) is 0 Å². The summed E-state index contributed by atoms with van der Waals surface area (Å²) >= 11 is 1.56. The summed E-state index contributed by atoms with van der Waals surface area (Å²) in [5.74, 6) is 0.793. The number of ether oxygens (including phenoxy) is 1. The number of hydrogen-bond acceptors (Lipinski definition) is 4. The van der Waals surface area contributed by atoms with Crippen molar-refractivity contribution in [3.63, 3.8) is 0 Å². The largest absolute Gasteiger partial charge is 0.496 e. The molecule has 0 amide bonds. The number of hydrogen-bond donors (Lipinski definition) is 0. The van der Waals surface area contributed by atoms with Gasteiger partial charge in [-0.3, -0.25) is 4.79 Å². The number of rotatable bonds is 4. The molecule has 1 fully saturated rings. The topological polar surface area (TPSA) is 44.1 Å². The predicted molar refractivity (Wildman–Crippen MR) is 110 cm³/mol. The molecule has 2 aromatic carbocycles. The summed E-state index contributed by atoms with van der Waals surface area (Å²) in [5, 5.41) is 4.50. The number of methoxy groups -OCH3 is 1. The van der Waals surface area contributed by atoms with Crippen molar-refractivity contribution < 1.29 is 4.74 Å². The van der Waals surface area contributed by atoms with E-state index in [2.05, 4.69) is 11.1 Å². The predicted octanol–water partition coefficient (Wildman–Crippen LogP) is 5.14. The minimum absolute atomic E-state index is 0.0666. The van der Waals surface area contributed by atoms with Crippen LogP contribution in [0.25, 0.3) is 32.6 Å². The lowest BCUT2D eigenvalue weighted by Crippen LogP contribution is -2.22. The normalized spacial score (nSPS) is 13.8. The second-order valence-electron chi connectivity index (χ2n) is 6.71. The highest BCUT2D eigenvalue weighted by molar-refractivity contribution is 7.13. The van der Waals surface area contributed by atoms with E-state index >= 15 is 0 Å². The fraction of sp³-hybridized carbons (Fsp3) is 0.182. The van der Waals surface area contributed by atoms with E-state index in [9.17, 15) is 4.79 Å². The number of aromatic nitrogens is 2. The van der Waals surface area contributed by atoms with E-state index in [1.165, 1.54) is 0 Å². The van der Waals surface area contributed by atoms with Crippen LogP contribution in [0.4, 0.5) is 0 Å². The van der Waals surface area contributed by atoms with Gasteiger partial charge in [-0.15, -0.1) is 11.3 Å². The SMILES string of the molecule is COc1ccccc1-c1c(-c2nccs2)n(C2CC2)c(=O)c2ccccc12. The Morgan fingerprint density at radius 3 is 2.52 bits per heavy atom. The molecule has 0 atom stereocenters. The summed E-state index contributed by atoms with van der Waals surface area (Å²) < 4.78 is 7.62.